The number of carbonyl (C=O) groups excluding carboxylic acids is 2. The van der Waals surface area contributed by atoms with E-state index in [0.29, 0.717) is 41.0 Å². The maximum absolute atomic E-state index is 12.6. The summed E-state index contributed by atoms with van der Waals surface area (Å²) < 4.78 is 5.44. The molecule has 0 aliphatic rings. The molecule has 2 aromatic carbocycles. The Bertz CT molecular complexity index is 1250. The van der Waals surface area contributed by atoms with E-state index < -0.39 is 0 Å². The van der Waals surface area contributed by atoms with Crippen LogP contribution in [0.2, 0.25) is 0 Å². The van der Waals surface area contributed by atoms with Crippen molar-refractivity contribution in [2.45, 2.75) is 18.9 Å². The Balaban J connectivity index is 1.44. The summed E-state index contributed by atoms with van der Waals surface area (Å²) in [5, 5.41) is 4.47. The van der Waals surface area contributed by atoms with Crippen LogP contribution >= 0.6 is 11.8 Å². The molecule has 0 radical (unpaired) electrons. The molecule has 2 aromatic heterocycles. The van der Waals surface area contributed by atoms with Crippen LogP contribution in [0.25, 0.3) is 22.5 Å². The topological polar surface area (TPSA) is 88.3 Å². The molecule has 0 bridgehead atoms. The molecule has 4 rings (SSSR count). The van der Waals surface area contributed by atoms with Crippen molar-refractivity contribution in [3.8, 4) is 11.6 Å². The maximum atomic E-state index is 12.6. The highest BCUT2D eigenvalue weighted by molar-refractivity contribution is 8.00. The van der Waals surface area contributed by atoms with Gasteiger partial charge in [-0.25, -0.2) is 9.97 Å². The number of hydrogen-bond donors (Lipinski definition) is 1. The molecule has 0 saturated heterocycles. The minimum absolute atomic E-state index is 0.0172. The molecular weight excluding hydrogens is 436 g/mol. The number of furan rings is 1. The van der Waals surface area contributed by atoms with E-state index in [1.54, 1.807) is 47.6 Å². The quantitative estimate of drug-likeness (QED) is 0.291. The lowest BCUT2D eigenvalue weighted by Gasteiger charge is -2.18. The number of aromatic nitrogens is 2. The van der Waals surface area contributed by atoms with Crippen LogP contribution in [-0.4, -0.2) is 45.5 Å². The Morgan fingerprint density at radius 2 is 1.73 bits per heavy atom. The summed E-state index contributed by atoms with van der Waals surface area (Å²) in [7, 11) is 0. The lowest BCUT2D eigenvalue weighted by atomic mass is 10.2. The average molecular weight is 461 g/mol. The summed E-state index contributed by atoms with van der Waals surface area (Å²) >= 11 is 1.34. The number of benzene rings is 2. The second-order valence-electron chi connectivity index (χ2n) is 7.24. The predicted molar refractivity (Wildman–Crippen MR) is 130 cm³/mol. The Morgan fingerprint density at radius 1 is 0.970 bits per heavy atom. The van der Waals surface area contributed by atoms with Gasteiger partial charge < -0.3 is 14.6 Å². The van der Waals surface area contributed by atoms with E-state index in [2.05, 4.69) is 15.3 Å². The Morgan fingerprint density at radius 3 is 2.42 bits per heavy atom. The van der Waals surface area contributed by atoms with E-state index in [1.807, 2.05) is 38.1 Å². The van der Waals surface area contributed by atoms with Gasteiger partial charge in [0.25, 0.3) is 5.91 Å². The van der Waals surface area contributed by atoms with Crippen LogP contribution in [-0.2, 0) is 4.79 Å². The molecular formula is C25H24N4O3S. The number of anilines is 1. The molecule has 168 valence electrons. The Hall–Kier alpha value is -3.65. The first-order valence-electron chi connectivity index (χ1n) is 10.7. The van der Waals surface area contributed by atoms with Crippen LogP contribution in [0, 0.1) is 0 Å². The zero-order valence-corrected chi connectivity index (χ0v) is 19.3. The molecule has 33 heavy (non-hydrogen) atoms. The highest BCUT2D eigenvalue weighted by atomic mass is 32.2. The van der Waals surface area contributed by atoms with Crippen LogP contribution in [0.4, 0.5) is 5.69 Å². The summed E-state index contributed by atoms with van der Waals surface area (Å²) in [6.45, 7) is 5.22. The maximum Gasteiger partial charge on any atom is 0.253 e. The van der Waals surface area contributed by atoms with Crippen molar-refractivity contribution >= 4 is 40.2 Å². The first-order valence-corrected chi connectivity index (χ1v) is 11.7. The fraction of sp³-hybridized carbons (Fsp3) is 0.200. The molecule has 0 unspecified atom stereocenters. The van der Waals surface area contributed by atoms with E-state index in [0.717, 1.165) is 10.9 Å². The number of amides is 2. The standard InChI is InChI=1S/C25H24N4O3S/c1-3-29(4-2)25(31)17-11-13-18(14-12-17)26-22(30)16-33-24-19-8-5-6-9-20(19)27-23(28-24)21-10-7-15-32-21/h5-15H,3-4,16H2,1-2H3,(H,26,30). The van der Waals surface area contributed by atoms with Gasteiger partial charge >= 0.3 is 0 Å². The SMILES string of the molecule is CCN(CC)C(=O)c1ccc(NC(=O)CSc2nc(-c3ccco3)nc3ccccc23)cc1. The van der Waals surface area contributed by atoms with E-state index in [9.17, 15) is 9.59 Å². The number of para-hydroxylation sites is 1. The number of thioether (sulfide) groups is 1. The third kappa shape index (κ3) is 5.23. The highest BCUT2D eigenvalue weighted by Crippen LogP contribution is 2.28. The van der Waals surface area contributed by atoms with E-state index in [4.69, 9.17) is 4.42 Å². The van der Waals surface area contributed by atoms with Crippen LogP contribution < -0.4 is 5.32 Å². The molecule has 1 N–H and O–H groups in total. The minimum atomic E-state index is -0.162. The van der Waals surface area contributed by atoms with Crippen molar-refractivity contribution in [1.82, 2.24) is 14.9 Å². The van der Waals surface area contributed by atoms with Gasteiger partial charge in [-0.05, 0) is 56.3 Å². The van der Waals surface area contributed by atoms with Crippen molar-refractivity contribution in [1.29, 1.82) is 0 Å². The summed E-state index contributed by atoms with van der Waals surface area (Å²) in [4.78, 5) is 36.0. The van der Waals surface area contributed by atoms with Crippen molar-refractivity contribution in [3.63, 3.8) is 0 Å². The lowest BCUT2D eigenvalue weighted by molar-refractivity contribution is -0.113. The van der Waals surface area contributed by atoms with Gasteiger partial charge in [0.2, 0.25) is 5.91 Å². The number of nitrogens with zero attached hydrogens (tertiary/aromatic N) is 3. The smallest absolute Gasteiger partial charge is 0.253 e. The lowest BCUT2D eigenvalue weighted by Crippen LogP contribution is -2.30. The number of fused-ring (bicyclic) bond motifs is 1. The van der Waals surface area contributed by atoms with Crippen LogP contribution in [0.3, 0.4) is 0 Å². The molecule has 0 spiro atoms. The van der Waals surface area contributed by atoms with Crippen molar-refractivity contribution < 1.29 is 14.0 Å². The van der Waals surface area contributed by atoms with Gasteiger partial charge in [0.15, 0.2) is 11.6 Å². The fourth-order valence-corrected chi connectivity index (χ4v) is 4.21. The van der Waals surface area contributed by atoms with E-state index >= 15 is 0 Å². The number of carbonyl (C=O) groups is 2. The van der Waals surface area contributed by atoms with Crippen molar-refractivity contribution in [2.75, 3.05) is 24.2 Å². The molecule has 2 amide bonds. The van der Waals surface area contributed by atoms with Crippen LogP contribution in [0.5, 0.6) is 0 Å². The van der Waals surface area contributed by atoms with Crippen molar-refractivity contribution in [3.05, 3.63) is 72.5 Å². The van der Waals surface area contributed by atoms with Gasteiger partial charge in [-0.3, -0.25) is 9.59 Å². The third-order valence-corrected chi connectivity index (χ3v) is 6.11. The minimum Gasteiger partial charge on any atom is -0.461 e. The normalized spacial score (nSPS) is 10.8. The molecule has 2 heterocycles. The zero-order chi connectivity index (χ0) is 23.2. The van der Waals surface area contributed by atoms with Crippen LogP contribution in [0.1, 0.15) is 24.2 Å². The third-order valence-electron chi connectivity index (χ3n) is 5.12. The zero-order valence-electron chi connectivity index (χ0n) is 18.4. The molecule has 7 nitrogen and oxygen atoms in total. The molecule has 0 fully saturated rings. The van der Waals surface area contributed by atoms with Gasteiger partial charge in [-0.2, -0.15) is 0 Å². The number of nitrogens with one attached hydrogen (secondary N) is 1. The Kier molecular flexibility index (Phi) is 7.04. The van der Waals surface area contributed by atoms with Gasteiger partial charge in [-0.1, -0.05) is 30.0 Å². The summed E-state index contributed by atoms with van der Waals surface area (Å²) in [6.07, 6.45) is 1.58. The predicted octanol–water partition coefficient (Wildman–Crippen LogP) is 5.10. The van der Waals surface area contributed by atoms with Gasteiger partial charge in [0.05, 0.1) is 17.5 Å². The first-order chi connectivity index (χ1) is 16.1. The second-order valence-corrected chi connectivity index (χ2v) is 8.20. The number of rotatable bonds is 8. The molecule has 8 heteroatoms. The summed E-state index contributed by atoms with van der Waals surface area (Å²) in [6, 6.07) is 18.2. The van der Waals surface area contributed by atoms with E-state index in [1.165, 1.54) is 11.8 Å². The monoisotopic (exact) mass is 460 g/mol. The Labute approximate surface area is 196 Å². The molecule has 0 saturated carbocycles. The highest BCUT2D eigenvalue weighted by Gasteiger charge is 2.14. The second kappa shape index (κ2) is 10.3. The largest absolute Gasteiger partial charge is 0.461 e. The van der Waals surface area contributed by atoms with Gasteiger partial charge in [-0.15, -0.1) is 0 Å². The molecule has 0 atom stereocenters. The van der Waals surface area contributed by atoms with Gasteiger partial charge in [0.1, 0.15) is 5.03 Å². The molecule has 0 aliphatic carbocycles. The fourth-order valence-electron chi connectivity index (χ4n) is 3.39. The van der Waals surface area contributed by atoms with Crippen molar-refractivity contribution in [2.24, 2.45) is 0 Å². The van der Waals surface area contributed by atoms with Crippen LogP contribution in [0.15, 0.2) is 76.4 Å². The van der Waals surface area contributed by atoms with E-state index in [-0.39, 0.29) is 17.6 Å². The summed E-state index contributed by atoms with van der Waals surface area (Å²) in [5.41, 5.74) is 2.03. The van der Waals surface area contributed by atoms with Gasteiger partial charge in [0, 0.05) is 29.7 Å². The molecule has 0 aliphatic heterocycles. The summed E-state index contributed by atoms with van der Waals surface area (Å²) in [5.74, 6) is 1.06. The number of hydrogen-bond acceptors (Lipinski definition) is 6. The first kappa shape index (κ1) is 22.5. The average Bonchev–Trinajstić information content (AvgIpc) is 3.39. The molecule has 4 aromatic rings.